The van der Waals surface area contributed by atoms with Crippen molar-refractivity contribution in [2.45, 2.75) is 6.92 Å². The zero-order valence-electron chi connectivity index (χ0n) is 13.4. The van der Waals surface area contributed by atoms with E-state index in [0.29, 0.717) is 22.3 Å². The number of allylic oxidation sites excluding steroid dienone is 1. The Hall–Kier alpha value is -3.11. The molecule has 2 aromatic rings. The maximum atomic E-state index is 12.2. The molecule has 124 valence electrons. The molecule has 0 spiro atoms. The fourth-order valence-electron chi connectivity index (χ4n) is 2.20. The van der Waals surface area contributed by atoms with E-state index >= 15 is 0 Å². The number of rotatable bonds is 6. The molecule has 7 nitrogen and oxygen atoms in total. The number of benzene rings is 1. The molecular weight excluding hydrogens is 312 g/mol. The molecule has 0 aliphatic rings. The molecule has 0 fully saturated rings. The van der Waals surface area contributed by atoms with E-state index in [9.17, 15) is 9.59 Å². The van der Waals surface area contributed by atoms with Gasteiger partial charge < -0.3 is 19.6 Å². The number of hydrogen-bond donors (Lipinski definition) is 1. The predicted octanol–water partition coefficient (Wildman–Crippen LogP) is 1.37. The maximum absolute atomic E-state index is 12.2. The van der Waals surface area contributed by atoms with Gasteiger partial charge in [-0.25, -0.2) is 4.79 Å². The smallest absolute Gasteiger partial charge is 0.374 e. The summed E-state index contributed by atoms with van der Waals surface area (Å²) in [7, 11) is 1.54. The molecule has 0 saturated carbocycles. The second-order valence-corrected chi connectivity index (χ2v) is 5.18. The molecule has 1 aromatic heterocycles. The summed E-state index contributed by atoms with van der Waals surface area (Å²) in [5.41, 5.74) is 4.71. The average molecular weight is 329 g/mol. The number of quaternary nitrogens is 1. The monoisotopic (exact) mass is 329 g/mol. The Kier molecular flexibility index (Phi) is 5.02. The average Bonchev–Trinajstić information content (AvgIpc) is 2.89. The molecule has 1 heterocycles. The van der Waals surface area contributed by atoms with Crippen LogP contribution in [-0.4, -0.2) is 25.5 Å². The Labute approximate surface area is 138 Å². The number of furan rings is 1. The first-order chi connectivity index (χ1) is 11.4. The van der Waals surface area contributed by atoms with Crippen molar-refractivity contribution in [3.05, 3.63) is 41.8 Å². The molecule has 1 atom stereocenters. The number of ketones is 1. The number of methoxy groups -OCH3 is 1. The molecule has 2 rings (SSSR count). The second-order valence-electron chi connectivity index (χ2n) is 5.18. The summed E-state index contributed by atoms with van der Waals surface area (Å²) in [6.45, 7) is 4.62. The van der Waals surface area contributed by atoms with E-state index in [1.54, 1.807) is 38.3 Å². The number of aryl methyl sites for hydroxylation is 1. The van der Waals surface area contributed by atoms with Crippen molar-refractivity contribution >= 4 is 22.7 Å². The highest BCUT2D eigenvalue weighted by molar-refractivity contribution is 5.97. The van der Waals surface area contributed by atoms with Crippen molar-refractivity contribution in [1.29, 1.82) is 5.26 Å². The number of ether oxygens (including phenoxy) is 2. The molecule has 0 amide bonds. The third-order valence-electron chi connectivity index (χ3n) is 3.53. The minimum atomic E-state index is -1.10. The van der Waals surface area contributed by atoms with E-state index in [1.165, 1.54) is 0 Å². The van der Waals surface area contributed by atoms with Crippen LogP contribution in [0.15, 0.2) is 34.9 Å². The SMILES string of the molecule is C=C([NH3+])[C@H](C#N)C(=O)COC(=O)c1oc2ccc(OC)cc2c1C. The number of carbonyl (C=O) groups is 2. The number of fused-ring (bicyclic) bond motifs is 1. The van der Waals surface area contributed by atoms with Gasteiger partial charge in [-0.1, -0.05) is 0 Å². The summed E-state index contributed by atoms with van der Waals surface area (Å²) in [6, 6.07) is 6.91. The van der Waals surface area contributed by atoms with Crippen LogP contribution < -0.4 is 10.5 Å². The van der Waals surface area contributed by atoms with Gasteiger partial charge in [0.1, 0.15) is 17.0 Å². The van der Waals surface area contributed by atoms with Crippen molar-refractivity contribution in [2.75, 3.05) is 13.7 Å². The lowest BCUT2D eigenvalue weighted by atomic mass is 10.0. The van der Waals surface area contributed by atoms with Crippen LogP contribution in [0.5, 0.6) is 5.75 Å². The lowest BCUT2D eigenvalue weighted by Gasteiger charge is -2.05. The van der Waals surface area contributed by atoms with Gasteiger partial charge in [-0.2, -0.15) is 5.26 Å². The Bertz CT molecular complexity index is 860. The van der Waals surface area contributed by atoms with Crippen LogP contribution in [-0.2, 0) is 9.53 Å². The van der Waals surface area contributed by atoms with Gasteiger partial charge in [-0.15, -0.1) is 0 Å². The number of carbonyl (C=O) groups excluding carboxylic acids is 2. The van der Waals surface area contributed by atoms with Crippen molar-refractivity contribution in [3.8, 4) is 11.8 Å². The third kappa shape index (κ3) is 3.29. The first-order valence-corrected chi connectivity index (χ1v) is 7.06. The molecule has 0 aliphatic heterocycles. The van der Waals surface area contributed by atoms with Crippen LogP contribution >= 0.6 is 0 Å². The number of esters is 1. The standard InChI is InChI=1S/C17H16N2O5/c1-9-12-6-11(22-3)4-5-15(12)24-16(9)17(21)23-8-14(20)13(7-18)10(2)19/h4-6,13H,2,8,19H2,1,3H3/p+1/t13-/m0/s1. The van der Waals surface area contributed by atoms with E-state index < -0.39 is 24.3 Å². The molecule has 7 heteroatoms. The molecule has 0 radical (unpaired) electrons. The molecule has 0 saturated heterocycles. The van der Waals surface area contributed by atoms with Gasteiger partial charge in [0, 0.05) is 10.9 Å². The highest BCUT2D eigenvalue weighted by Gasteiger charge is 2.25. The van der Waals surface area contributed by atoms with Crippen LogP contribution in [0, 0.1) is 24.2 Å². The van der Waals surface area contributed by atoms with Crippen LogP contribution in [0.25, 0.3) is 11.0 Å². The summed E-state index contributed by atoms with van der Waals surface area (Å²) < 4.78 is 15.6. The molecule has 3 N–H and O–H groups in total. The van der Waals surface area contributed by atoms with Crippen LogP contribution in [0.2, 0.25) is 0 Å². The van der Waals surface area contributed by atoms with E-state index in [0.717, 1.165) is 0 Å². The number of nitriles is 1. The first-order valence-electron chi connectivity index (χ1n) is 7.06. The van der Waals surface area contributed by atoms with Gasteiger partial charge in [0.15, 0.2) is 18.3 Å². The molecular formula is C17H17N2O5+. The fraction of sp³-hybridized carbons (Fsp3) is 0.235. The Morgan fingerprint density at radius 2 is 2.17 bits per heavy atom. The van der Waals surface area contributed by atoms with Crippen LogP contribution in [0.1, 0.15) is 16.1 Å². The molecule has 0 aliphatic carbocycles. The molecule has 0 bridgehead atoms. The van der Waals surface area contributed by atoms with Gasteiger partial charge in [0.25, 0.3) is 0 Å². The van der Waals surface area contributed by atoms with Crippen molar-refractivity contribution < 1.29 is 29.2 Å². The highest BCUT2D eigenvalue weighted by atomic mass is 16.5. The van der Waals surface area contributed by atoms with E-state index in [1.807, 2.05) is 0 Å². The zero-order valence-corrected chi connectivity index (χ0v) is 13.4. The predicted molar refractivity (Wildman–Crippen MR) is 83.9 cm³/mol. The van der Waals surface area contributed by atoms with Crippen molar-refractivity contribution in [1.82, 2.24) is 0 Å². The van der Waals surface area contributed by atoms with E-state index in [-0.39, 0.29) is 11.5 Å². The summed E-state index contributed by atoms with van der Waals surface area (Å²) in [5.74, 6) is -1.82. The molecule has 24 heavy (non-hydrogen) atoms. The minimum absolute atomic E-state index is 0.00742. The lowest BCUT2D eigenvalue weighted by Crippen LogP contribution is -2.51. The fourth-order valence-corrected chi connectivity index (χ4v) is 2.20. The first kappa shape index (κ1) is 17.2. The highest BCUT2D eigenvalue weighted by Crippen LogP contribution is 2.29. The third-order valence-corrected chi connectivity index (χ3v) is 3.53. The number of Topliss-reactive ketones (excluding diaryl/α,β-unsaturated/α-hetero) is 1. The number of hydrogen-bond acceptors (Lipinski definition) is 6. The Morgan fingerprint density at radius 3 is 2.75 bits per heavy atom. The number of nitrogens with zero attached hydrogens (tertiary/aromatic N) is 1. The zero-order chi connectivity index (χ0) is 17.9. The van der Waals surface area contributed by atoms with Gasteiger partial charge in [-0.3, -0.25) is 4.79 Å². The van der Waals surface area contributed by atoms with Crippen molar-refractivity contribution in [2.24, 2.45) is 5.92 Å². The van der Waals surface area contributed by atoms with Gasteiger partial charge in [-0.05, 0) is 31.7 Å². The van der Waals surface area contributed by atoms with Crippen LogP contribution in [0.3, 0.4) is 0 Å². The maximum Gasteiger partial charge on any atom is 0.374 e. The van der Waals surface area contributed by atoms with E-state index in [4.69, 9.17) is 19.2 Å². The van der Waals surface area contributed by atoms with Crippen LogP contribution in [0.4, 0.5) is 0 Å². The van der Waals surface area contributed by atoms with E-state index in [2.05, 4.69) is 12.3 Å². The Morgan fingerprint density at radius 1 is 1.46 bits per heavy atom. The minimum Gasteiger partial charge on any atom is -0.497 e. The topological polar surface area (TPSA) is 117 Å². The Balaban J connectivity index is 2.17. The quantitative estimate of drug-likeness (QED) is 0.800. The lowest BCUT2D eigenvalue weighted by molar-refractivity contribution is -0.309. The summed E-state index contributed by atoms with van der Waals surface area (Å²) in [5, 5.41) is 9.61. The summed E-state index contributed by atoms with van der Waals surface area (Å²) in [6.07, 6.45) is 0. The normalized spacial score (nSPS) is 11.6. The summed E-state index contributed by atoms with van der Waals surface area (Å²) in [4.78, 5) is 24.0. The van der Waals surface area contributed by atoms with Gasteiger partial charge in [0.05, 0.1) is 13.2 Å². The molecule has 1 aromatic carbocycles. The van der Waals surface area contributed by atoms with Crippen molar-refractivity contribution in [3.63, 3.8) is 0 Å². The second kappa shape index (κ2) is 6.98. The van der Waals surface area contributed by atoms with Gasteiger partial charge in [0.2, 0.25) is 5.76 Å². The largest absolute Gasteiger partial charge is 0.497 e. The van der Waals surface area contributed by atoms with Gasteiger partial charge >= 0.3 is 5.97 Å². The summed E-state index contributed by atoms with van der Waals surface area (Å²) >= 11 is 0. The molecule has 0 unspecified atom stereocenters.